The lowest BCUT2D eigenvalue weighted by Crippen LogP contribution is -2.30. The zero-order chi connectivity index (χ0) is 20.9. The number of anilines is 1. The lowest BCUT2D eigenvalue weighted by Gasteiger charge is -2.18. The summed E-state index contributed by atoms with van der Waals surface area (Å²) in [5.41, 5.74) is 1.66. The van der Waals surface area contributed by atoms with Gasteiger partial charge in [-0.1, -0.05) is 25.0 Å². The third-order valence-electron chi connectivity index (χ3n) is 4.55. The second-order valence-corrected chi connectivity index (χ2v) is 6.67. The van der Waals surface area contributed by atoms with Gasteiger partial charge in [-0.05, 0) is 54.8 Å². The fourth-order valence-corrected chi connectivity index (χ4v) is 2.84. The molecule has 0 saturated carbocycles. The van der Waals surface area contributed by atoms with E-state index in [-0.39, 0.29) is 5.91 Å². The van der Waals surface area contributed by atoms with Crippen molar-refractivity contribution in [3.8, 4) is 11.5 Å². The Morgan fingerprint density at radius 3 is 2.14 bits per heavy atom. The van der Waals surface area contributed by atoms with E-state index in [4.69, 9.17) is 14.2 Å². The minimum Gasteiger partial charge on any atom is -0.497 e. The predicted octanol–water partition coefficient (Wildman–Crippen LogP) is 4.38. The van der Waals surface area contributed by atoms with Crippen molar-refractivity contribution in [3.05, 3.63) is 54.1 Å². The van der Waals surface area contributed by atoms with Crippen molar-refractivity contribution in [1.82, 2.24) is 0 Å². The molecule has 1 atom stereocenters. The number of rotatable bonds is 13. The van der Waals surface area contributed by atoms with Gasteiger partial charge in [0.05, 0.1) is 20.8 Å². The molecule has 6 heteroatoms. The molecular formula is C23H29NO5. The Morgan fingerprint density at radius 1 is 0.931 bits per heavy atom. The van der Waals surface area contributed by atoms with Gasteiger partial charge < -0.3 is 24.3 Å². The third-order valence-corrected chi connectivity index (χ3v) is 4.55. The van der Waals surface area contributed by atoms with Crippen LogP contribution in [0, 0.1) is 0 Å². The molecule has 156 valence electrons. The predicted molar refractivity (Wildman–Crippen MR) is 112 cm³/mol. The number of nitrogens with one attached hydrogen (secondary N) is 1. The summed E-state index contributed by atoms with van der Waals surface area (Å²) in [6, 6.07) is 14.7. The summed E-state index contributed by atoms with van der Waals surface area (Å²) in [7, 11) is 3.22. The van der Waals surface area contributed by atoms with Crippen LogP contribution < -0.4 is 14.8 Å². The van der Waals surface area contributed by atoms with E-state index in [1.807, 2.05) is 24.3 Å². The van der Waals surface area contributed by atoms with Crippen molar-refractivity contribution >= 4 is 17.9 Å². The Balaban J connectivity index is 1.95. The molecule has 2 aromatic rings. The number of hydrogen-bond donors (Lipinski definition) is 1. The summed E-state index contributed by atoms with van der Waals surface area (Å²) in [4.78, 5) is 23.2. The van der Waals surface area contributed by atoms with Crippen molar-refractivity contribution < 1.29 is 23.8 Å². The average Bonchev–Trinajstić information content (AvgIpc) is 2.76. The highest BCUT2D eigenvalue weighted by molar-refractivity contribution is 5.94. The molecular weight excluding hydrogens is 370 g/mol. The van der Waals surface area contributed by atoms with Crippen molar-refractivity contribution in [2.24, 2.45) is 0 Å². The summed E-state index contributed by atoms with van der Waals surface area (Å²) < 4.78 is 16.2. The van der Waals surface area contributed by atoms with Gasteiger partial charge in [0.1, 0.15) is 23.9 Å². The van der Waals surface area contributed by atoms with Crippen molar-refractivity contribution in [2.75, 3.05) is 19.5 Å². The quantitative estimate of drug-likeness (QED) is 0.400. The molecule has 1 unspecified atom stereocenters. The number of methoxy groups -OCH3 is 2. The Kier molecular flexibility index (Phi) is 9.72. The number of amides is 1. The van der Waals surface area contributed by atoms with E-state index >= 15 is 0 Å². The minimum absolute atomic E-state index is 0.181. The van der Waals surface area contributed by atoms with Gasteiger partial charge in [0.15, 0.2) is 0 Å². The monoisotopic (exact) mass is 399 g/mol. The van der Waals surface area contributed by atoms with Gasteiger partial charge in [-0.25, -0.2) is 0 Å². The topological polar surface area (TPSA) is 73.9 Å². The van der Waals surface area contributed by atoms with Gasteiger partial charge in [0.25, 0.3) is 5.91 Å². The van der Waals surface area contributed by atoms with Crippen LogP contribution >= 0.6 is 0 Å². The second-order valence-electron chi connectivity index (χ2n) is 6.67. The van der Waals surface area contributed by atoms with Crippen LogP contribution in [-0.4, -0.2) is 32.5 Å². The van der Waals surface area contributed by atoms with E-state index in [2.05, 4.69) is 5.32 Å². The van der Waals surface area contributed by atoms with E-state index in [0.717, 1.165) is 42.6 Å². The highest BCUT2D eigenvalue weighted by atomic mass is 16.5. The molecule has 1 amide bonds. The molecule has 0 radical (unpaired) electrons. The molecule has 29 heavy (non-hydrogen) atoms. The number of benzene rings is 2. The maximum atomic E-state index is 12.8. The summed E-state index contributed by atoms with van der Waals surface area (Å²) in [6.07, 6.45) is 4.03. The van der Waals surface area contributed by atoms with Crippen LogP contribution in [0.1, 0.15) is 37.7 Å². The number of hydrogen-bond acceptors (Lipinski definition) is 5. The van der Waals surface area contributed by atoms with E-state index in [0.29, 0.717) is 25.1 Å². The maximum absolute atomic E-state index is 12.8. The highest BCUT2D eigenvalue weighted by Crippen LogP contribution is 2.18. The maximum Gasteiger partial charge on any atom is 0.253 e. The molecule has 0 heterocycles. The molecule has 2 rings (SSSR count). The van der Waals surface area contributed by atoms with Gasteiger partial charge in [-0.2, -0.15) is 0 Å². The van der Waals surface area contributed by atoms with Crippen LogP contribution in [0.5, 0.6) is 11.5 Å². The highest BCUT2D eigenvalue weighted by Gasteiger charge is 2.19. The van der Waals surface area contributed by atoms with Crippen LogP contribution in [0.25, 0.3) is 0 Å². The number of ether oxygens (including phenoxy) is 3. The lowest BCUT2D eigenvalue weighted by atomic mass is 10.1. The fraction of sp³-hybridized carbons (Fsp3) is 0.391. The number of carbonyl (C=O) groups excluding carboxylic acids is 2. The smallest absolute Gasteiger partial charge is 0.253 e. The van der Waals surface area contributed by atoms with Gasteiger partial charge >= 0.3 is 0 Å². The van der Waals surface area contributed by atoms with Gasteiger partial charge in [-0.15, -0.1) is 0 Å². The summed E-state index contributed by atoms with van der Waals surface area (Å²) >= 11 is 0. The Morgan fingerprint density at radius 2 is 1.55 bits per heavy atom. The SMILES string of the molecule is COc1ccc(COC(CCCCCC=O)C(=O)Nc2ccc(OC)cc2)cc1. The molecule has 0 bridgehead atoms. The van der Waals surface area contributed by atoms with Crippen molar-refractivity contribution in [1.29, 1.82) is 0 Å². The minimum atomic E-state index is -0.574. The van der Waals surface area contributed by atoms with Crippen LogP contribution in [0.15, 0.2) is 48.5 Å². The number of aldehydes is 1. The molecule has 0 fully saturated rings. The van der Waals surface area contributed by atoms with Gasteiger partial charge in [0.2, 0.25) is 0 Å². The first-order valence-electron chi connectivity index (χ1n) is 9.79. The van der Waals surface area contributed by atoms with E-state index in [1.165, 1.54) is 0 Å². The second kappa shape index (κ2) is 12.6. The lowest BCUT2D eigenvalue weighted by molar-refractivity contribution is -0.128. The largest absolute Gasteiger partial charge is 0.497 e. The van der Waals surface area contributed by atoms with Crippen LogP contribution in [0.3, 0.4) is 0 Å². The first kappa shape index (κ1) is 22.4. The molecule has 0 aliphatic carbocycles. The Bertz CT molecular complexity index is 743. The number of carbonyl (C=O) groups is 2. The van der Waals surface area contributed by atoms with E-state index in [9.17, 15) is 9.59 Å². The van der Waals surface area contributed by atoms with Crippen LogP contribution in [0.4, 0.5) is 5.69 Å². The van der Waals surface area contributed by atoms with Crippen molar-refractivity contribution in [2.45, 2.75) is 44.8 Å². The molecule has 6 nitrogen and oxygen atoms in total. The summed E-state index contributed by atoms with van der Waals surface area (Å²) in [5, 5.41) is 2.90. The van der Waals surface area contributed by atoms with Crippen LogP contribution in [0.2, 0.25) is 0 Å². The molecule has 0 saturated heterocycles. The van der Waals surface area contributed by atoms with E-state index in [1.54, 1.807) is 38.5 Å². The standard InChI is InChI=1S/C23H29NO5/c1-27-20-12-8-18(9-13-20)17-29-22(7-5-3-4-6-16-25)23(26)24-19-10-14-21(28-2)15-11-19/h8-16,22H,3-7,17H2,1-2H3,(H,24,26). The fourth-order valence-electron chi connectivity index (χ4n) is 2.84. The first-order valence-corrected chi connectivity index (χ1v) is 9.79. The van der Waals surface area contributed by atoms with Gasteiger partial charge in [0, 0.05) is 12.1 Å². The molecule has 0 aromatic heterocycles. The molecule has 0 aliphatic rings. The van der Waals surface area contributed by atoms with Crippen LogP contribution in [-0.2, 0) is 20.9 Å². The summed E-state index contributed by atoms with van der Waals surface area (Å²) in [6.45, 7) is 0.332. The van der Waals surface area contributed by atoms with Crippen molar-refractivity contribution in [3.63, 3.8) is 0 Å². The average molecular weight is 399 g/mol. The first-order chi connectivity index (χ1) is 14.2. The molecule has 2 aromatic carbocycles. The van der Waals surface area contributed by atoms with E-state index < -0.39 is 6.10 Å². The van der Waals surface area contributed by atoms with Gasteiger partial charge in [-0.3, -0.25) is 4.79 Å². The molecule has 0 spiro atoms. The zero-order valence-electron chi connectivity index (χ0n) is 17.1. The third kappa shape index (κ3) is 7.95. The Labute approximate surface area is 172 Å². The number of unbranched alkanes of at least 4 members (excludes halogenated alkanes) is 3. The molecule has 0 aliphatic heterocycles. The zero-order valence-corrected chi connectivity index (χ0v) is 17.1. The molecule has 1 N–H and O–H groups in total. The normalized spacial score (nSPS) is 11.5. The Hall–Kier alpha value is -2.86. The summed E-state index contributed by atoms with van der Waals surface area (Å²) in [5.74, 6) is 1.32.